The highest BCUT2D eigenvalue weighted by atomic mass is 31.2. The molecule has 0 unspecified atom stereocenters. The summed E-state index contributed by atoms with van der Waals surface area (Å²) in [6, 6.07) is 6.05. The topological polar surface area (TPSA) is 121 Å². The van der Waals surface area contributed by atoms with Crippen LogP contribution < -0.4 is 10.7 Å². The molecule has 0 aromatic heterocycles. The van der Waals surface area contributed by atoms with E-state index in [2.05, 4.69) is 4.98 Å². The van der Waals surface area contributed by atoms with Gasteiger partial charge >= 0.3 is 7.60 Å². The number of rotatable bonds is 1. The van der Waals surface area contributed by atoms with E-state index < -0.39 is 18.3 Å². The van der Waals surface area contributed by atoms with Gasteiger partial charge in [0.1, 0.15) is 17.0 Å². The molecule has 3 N–H and O–H groups in total. The number of hydrogen-bond donors (Lipinski definition) is 3. The van der Waals surface area contributed by atoms with Crippen molar-refractivity contribution in [2.45, 2.75) is 0 Å². The highest BCUT2D eigenvalue weighted by molar-refractivity contribution is 7.60. The molecule has 1 aliphatic carbocycles. The highest BCUT2D eigenvalue weighted by Gasteiger charge is 2.27. The first-order valence-corrected chi connectivity index (χ1v) is 7.09. The lowest BCUT2D eigenvalue weighted by molar-refractivity contribution is 0.387. The van der Waals surface area contributed by atoms with Crippen LogP contribution in [0.3, 0.4) is 0 Å². The van der Waals surface area contributed by atoms with Crippen molar-refractivity contribution in [2.24, 2.45) is 0 Å². The quantitative estimate of drug-likeness (QED) is 0.448. The zero-order chi connectivity index (χ0) is 14.5. The molecule has 1 aromatic rings. The lowest BCUT2D eigenvalue weighted by atomic mass is 10.2. The molecule has 0 saturated carbocycles. The van der Waals surface area contributed by atoms with Gasteiger partial charge < -0.3 is 19.3 Å². The first-order valence-electron chi connectivity index (χ1n) is 5.48. The summed E-state index contributed by atoms with van der Waals surface area (Å²) >= 11 is 0. The highest BCUT2D eigenvalue weighted by Crippen LogP contribution is 2.38. The van der Waals surface area contributed by atoms with Crippen LogP contribution in [0.4, 0.5) is 0 Å². The minimum absolute atomic E-state index is 0.0455. The van der Waals surface area contributed by atoms with E-state index >= 15 is 0 Å². The summed E-state index contributed by atoms with van der Waals surface area (Å²) in [6.45, 7) is 0. The Kier molecular flexibility index (Phi) is 2.65. The number of fused-ring (bicyclic) bond motifs is 2. The van der Waals surface area contributed by atoms with Gasteiger partial charge in [-0.15, -0.1) is 0 Å². The van der Waals surface area contributed by atoms with E-state index in [1.807, 2.05) is 0 Å². The smallest absolute Gasteiger partial charge is 0.358 e. The van der Waals surface area contributed by atoms with Gasteiger partial charge in [-0.2, -0.15) is 0 Å². The monoisotopic (exact) mass is 293 g/mol. The minimum Gasteiger partial charge on any atom is -0.508 e. The third-order valence-corrected chi connectivity index (χ3v) is 3.71. The predicted octanol–water partition coefficient (Wildman–Crippen LogP) is 0.801. The van der Waals surface area contributed by atoms with Gasteiger partial charge in [0.2, 0.25) is 0 Å². The molecule has 102 valence electrons. The molecule has 3 rings (SSSR count). The molecule has 8 heteroatoms. The second-order valence-corrected chi connectivity index (χ2v) is 5.77. The standard InChI is InChI=1S/C12H8NO6P/c14-6-1-2-8-9(3-6)19-10-4-7(15)5-11(12(10)13-8)20(16,17)18/h1-5,14H,(H2,16,17,18). The molecule has 0 spiro atoms. The van der Waals surface area contributed by atoms with E-state index in [9.17, 15) is 24.3 Å². The van der Waals surface area contributed by atoms with Gasteiger partial charge in [-0.1, -0.05) is 0 Å². The third-order valence-electron chi connectivity index (χ3n) is 2.74. The van der Waals surface area contributed by atoms with E-state index in [0.717, 1.165) is 12.1 Å². The van der Waals surface area contributed by atoms with Crippen molar-refractivity contribution in [1.82, 2.24) is 4.98 Å². The maximum absolute atomic E-state index is 11.5. The number of phenols is 1. The van der Waals surface area contributed by atoms with Crippen molar-refractivity contribution in [3.05, 3.63) is 40.6 Å². The fraction of sp³-hybridized carbons (Fsp3) is 0. The molecule has 1 aliphatic heterocycles. The number of nitrogens with zero attached hydrogens (tertiary/aromatic N) is 1. The molecule has 1 aromatic carbocycles. The van der Waals surface area contributed by atoms with Crippen molar-refractivity contribution in [1.29, 1.82) is 0 Å². The second-order valence-electron chi connectivity index (χ2n) is 4.20. The van der Waals surface area contributed by atoms with Gasteiger partial charge in [-0.05, 0) is 12.1 Å². The Balaban J connectivity index is 2.48. The fourth-order valence-electron chi connectivity index (χ4n) is 1.90. The molecule has 2 aliphatic rings. The van der Waals surface area contributed by atoms with Crippen LogP contribution in [0.2, 0.25) is 0 Å². The van der Waals surface area contributed by atoms with E-state index in [0.29, 0.717) is 5.52 Å². The molecular formula is C12H8NO6P. The fourth-order valence-corrected chi connectivity index (χ4v) is 2.63. The molecule has 7 nitrogen and oxygen atoms in total. The SMILES string of the molecule is O=c1cc2oc3cc(O)ccc3nc-2c(P(=O)(O)O)c1. The number of hydrogen-bond acceptors (Lipinski definition) is 5. The zero-order valence-corrected chi connectivity index (χ0v) is 10.7. The minimum atomic E-state index is -4.65. The van der Waals surface area contributed by atoms with E-state index in [1.54, 1.807) is 0 Å². The molecular weight excluding hydrogens is 285 g/mol. The van der Waals surface area contributed by atoms with Gasteiger partial charge in [0.25, 0.3) is 0 Å². The summed E-state index contributed by atoms with van der Waals surface area (Å²) < 4.78 is 16.8. The summed E-state index contributed by atoms with van der Waals surface area (Å²) in [5, 5.41) is 8.89. The molecule has 0 atom stereocenters. The molecule has 0 bridgehead atoms. The zero-order valence-electron chi connectivity index (χ0n) is 9.85. The van der Waals surface area contributed by atoms with Crippen LogP contribution in [0.1, 0.15) is 0 Å². The maximum Gasteiger partial charge on any atom is 0.358 e. The van der Waals surface area contributed by atoms with Crippen LogP contribution in [0.15, 0.2) is 39.5 Å². The van der Waals surface area contributed by atoms with E-state index in [4.69, 9.17) is 4.42 Å². The van der Waals surface area contributed by atoms with Crippen LogP contribution in [-0.4, -0.2) is 19.9 Å². The Bertz CT molecular complexity index is 896. The molecule has 1 heterocycles. The number of benzene rings is 2. The first-order chi connectivity index (χ1) is 9.34. The number of phenolic OH excluding ortho intramolecular Hbond substituents is 1. The van der Waals surface area contributed by atoms with Crippen LogP contribution in [0, 0.1) is 0 Å². The van der Waals surface area contributed by atoms with E-state index in [1.165, 1.54) is 18.2 Å². The van der Waals surface area contributed by atoms with Crippen molar-refractivity contribution >= 4 is 24.0 Å². The number of aromatic hydroxyl groups is 1. The van der Waals surface area contributed by atoms with Crippen LogP contribution >= 0.6 is 7.60 Å². The maximum atomic E-state index is 11.5. The normalized spacial score (nSPS) is 12.1. The molecule has 0 saturated heterocycles. The lowest BCUT2D eigenvalue weighted by Gasteiger charge is -2.11. The van der Waals surface area contributed by atoms with Gasteiger partial charge in [0.15, 0.2) is 16.8 Å². The average Bonchev–Trinajstić information content (AvgIpc) is 2.34. The van der Waals surface area contributed by atoms with Crippen LogP contribution in [0.25, 0.3) is 22.6 Å². The Morgan fingerprint density at radius 2 is 1.90 bits per heavy atom. The summed E-state index contributed by atoms with van der Waals surface area (Å²) in [4.78, 5) is 34.1. The molecule has 0 fully saturated rings. The van der Waals surface area contributed by atoms with Crippen molar-refractivity contribution in [3.63, 3.8) is 0 Å². The first kappa shape index (κ1) is 12.8. The Morgan fingerprint density at radius 1 is 1.15 bits per heavy atom. The summed E-state index contributed by atoms with van der Waals surface area (Å²) in [5.74, 6) is -0.0928. The van der Waals surface area contributed by atoms with Crippen LogP contribution in [-0.2, 0) is 4.57 Å². The van der Waals surface area contributed by atoms with Crippen LogP contribution in [0.5, 0.6) is 5.75 Å². The summed E-state index contributed by atoms with van der Waals surface area (Å²) in [6.07, 6.45) is 0. The lowest BCUT2D eigenvalue weighted by Crippen LogP contribution is -2.17. The third kappa shape index (κ3) is 2.08. The summed E-state index contributed by atoms with van der Waals surface area (Å²) in [5.41, 5.74) is -0.152. The average molecular weight is 293 g/mol. The molecule has 0 amide bonds. The summed E-state index contributed by atoms with van der Waals surface area (Å²) in [7, 11) is -4.65. The van der Waals surface area contributed by atoms with Crippen molar-refractivity contribution in [3.8, 4) is 17.2 Å². The van der Waals surface area contributed by atoms with Gasteiger partial charge in [0.05, 0.1) is 5.30 Å². The van der Waals surface area contributed by atoms with Gasteiger partial charge in [0, 0.05) is 18.2 Å². The Morgan fingerprint density at radius 3 is 2.60 bits per heavy atom. The molecule has 0 radical (unpaired) electrons. The van der Waals surface area contributed by atoms with Gasteiger partial charge in [-0.3, -0.25) is 9.36 Å². The second kappa shape index (κ2) is 4.14. The predicted molar refractivity (Wildman–Crippen MR) is 70.2 cm³/mol. The van der Waals surface area contributed by atoms with E-state index in [-0.39, 0.29) is 22.8 Å². The molecule has 20 heavy (non-hydrogen) atoms. The van der Waals surface area contributed by atoms with Crippen molar-refractivity contribution in [2.75, 3.05) is 0 Å². The van der Waals surface area contributed by atoms with Gasteiger partial charge in [-0.25, -0.2) is 4.98 Å². The van der Waals surface area contributed by atoms with Crippen molar-refractivity contribution < 1.29 is 23.9 Å². The number of aromatic nitrogens is 1. The Hall–Kier alpha value is -2.21. The largest absolute Gasteiger partial charge is 0.508 e. The Labute approximate surface area is 111 Å².